The average molecular weight is 773 g/mol. The molecule has 2 amide bonds. The molecule has 3 saturated heterocycles. The smallest absolute Gasteiger partial charge is 0.254 e. The number of nitrogens with zero attached hydrogens (tertiary/aromatic N) is 5. The lowest BCUT2D eigenvalue weighted by Gasteiger charge is -2.37. The number of amides is 2. The van der Waals surface area contributed by atoms with Gasteiger partial charge in [0.05, 0.1) is 42.3 Å². The second-order valence-corrected chi connectivity index (χ2v) is 16.3. The third-order valence-electron chi connectivity index (χ3n) is 12.4. The molecule has 0 saturated carbocycles. The Labute approximate surface area is 340 Å². The van der Waals surface area contributed by atoms with Gasteiger partial charge in [-0.2, -0.15) is 0 Å². The van der Waals surface area contributed by atoms with Gasteiger partial charge in [-0.3, -0.25) is 9.59 Å². The molecule has 10 nitrogen and oxygen atoms in total. The van der Waals surface area contributed by atoms with Gasteiger partial charge in [0, 0.05) is 44.0 Å². The lowest BCUT2D eigenvalue weighted by Crippen LogP contribution is -2.51. The molecule has 3 aliphatic heterocycles. The Hall–Kier alpha value is -6.00. The molecular formula is C48H52N8O2. The summed E-state index contributed by atoms with van der Waals surface area (Å²) in [6.45, 7) is 1.73. The summed E-state index contributed by atoms with van der Waals surface area (Å²) in [7, 11) is 3.99. The van der Waals surface area contributed by atoms with E-state index in [2.05, 4.69) is 68.7 Å². The highest BCUT2D eigenvalue weighted by molar-refractivity contribution is 5.95. The molecule has 0 spiro atoms. The first-order valence-corrected chi connectivity index (χ1v) is 20.9. The van der Waals surface area contributed by atoms with Gasteiger partial charge in [-0.25, -0.2) is 9.97 Å². The summed E-state index contributed by atoms with van der Waals surface area (Å²) in [6, 6.07) is 35.3. The first kappa shape index (κ1) is 37.6. The number of carbonyl (C=O) groups is 2. The van der Waals surface area contributed by atoms with E-state index in [4.69, 9.17) is 9.97 Å². The Morgan fingerprint density at radius 2 is 1.29 bits per heavy atom. The third-order valence-corrected chi connectivity index (χ3v) is 12.4. The summed E-state index contributed by atoms with van der Waals surface area (Å²) in [4.78, 5) is 50.4. The van der Waals surface area contributed by atoms with E-state index < -0.39 is 0 Å². The van der Waals surface area contributed by atoms with E-state index in [0.717, 1.165) is 102 Å². The van der Waals surface area contributed by atoms with Gasteiger partial charge in [0.15, 0.2) is 0 Å². The van der Waals surface area contributed by atoms with Crippen LogP contribution in [-0.2, 0) is 11.2 Å². The van der Waals surface area contributed by atoms with Crippen molar-refractivity contribution in [3.8, 4) is 33.6 Å². The minimum atomic E-state index is -0.0757. The van der Waals surface area contributed by atoms with Gasteiger partial charge in [0.1, 0.15) is 11.6 Å². The van der Waals surface area contributed by atoms with Crippen molar-refractivity contribution in [3.63, 3.8) is 0 Å². The largest absolute Gasteiger partial charge is 0.378 e. The summed E-state index contributed by atoms with van der Waals surface area (Å²) < 4.78 is 0. The topological polar surface area (TPSA) is 113 Å². The number of piperidine rings is 1. The van der Waals surface area contributed by atoms with E-state index in [9.17, 15) is 9.59 Å². The molecule has 3 N–H and O–H groups in total. The van der Waals surface area contributed by atoms with E-state index >= 15 is 0 Å². The van der Waals surface area contributed by atoms with Gasteiger partial charge in [0.2, 0.25) is 5.91 Å². The van der Waals surface area contributed by atoms with Gasteiger partial charge >= 0.3 is 0 Å². The zero-order chi connectivity index (χ0) is 39.6. The molecule has 0 bridgehead atoms. The maximum atomic E-state index is 14.0. The monoisotopic (exact) mass is 772 g/mol. The highest BCUT2D eigenvalue weighted by Crippen LogP contribution is 2.39. The molecule has 9 rings (SSSR count). The number of benzene rings is 4. The molecule has 2 unspecified atom stereocenters. The van der Waals surface area contributed by atoms with Crippen LogP contribution in [0.25, 0.3) is 33.6 Å². The van der Waals surface area contributed by atoms with E-state index in [0.29, 0.717) is 18.0 Å². The Kier molecular flexibility index (Phi) is 10.7. The minimum absolute atomic E-state index is 0.0429. The lowest BCUT2D eigenvalue weighted by molar-refractivity contribution is -0.134. The van der Waals surface area contributed by atoms with Crippen LogP contribution in [0.3, 0.4) is 0 Å². The Morgan fingerprint density at radius 1 is 0.672 bits per heavy atom. The Morgan fingerprint density at radius 3 is 1.90 bits per heavy atom. The molecular weight excluding hydrogens is 721 g/mol. The number of hydrogen-bond donors (Lipinski definition) is 3. The zero-order valence-corrected chi connectivity index (χ0v) is 33.4. The Bertz CT molecular complexity index is 2330. The number of aromatic amines is 2. The summed E-state index contributed by atoms with van der Waals surface area (Å²) in [5.74, 6) is 1.90. The number of rotatable bonds is 10. The summed E-state index contributed by atoms with van der Waals surface area (Å²) in [6.07, 6.45) is 11.4. The van der Waals surface area contributed by atoms with Crippen LogP contribution in [0, 0.1) is 0 Å². The number of nitrogens with one attached hydrogen (secondary N) is 3. The maximum Gasteiger partial charge on any atom is 0.254 e. The van der Waals surface area contributed by atoms with Crippen molar-refractivity contribution in [2.24, 2.45) is 0 Å². The molecule has 4 aromatic carbocycles. The van der Waals surface area contributed by atoms with Crippen LogP contribution in [0.4, 0.5) is 5.69 Å². The third kappa shape index (κ3) is 7.68. The van der Waals surface area contributed by atoms with E-state index in [1.54, 1.807) is 0 Å². The van der Waals surface area contributed by atoms with Gasteiger partial charge in [-0.1, -0.05) is 85.3 Å². The number of carbonyl (C=O) groups excluding carboxylic acids is 2. The van der Waals surface area contributed by atoms with Crippen LogP contribution in [0.15, 0.2) is 116 Å². The van der Waals surface area contributed by atoms with Crippen molar-refractivity contribution < 1.29 is 9.59 Å². The molecule has 10 heteroatoms. The first-order valence-electron chi connectivity index (χ1n) is 20.9. The normalized spacial score (nSPS) is 20.7. The number of imidazole rings is 2. The summed E-state index contributed by atoms with van der Waals surface area (Å²) >= 11 is 0. The van der Waals surface area contributed by atoms with Crippen molar-refractivity contribution in [1.82, 2.24) is 35.1 Å². The van der Waals surface area contributed by atoms with Crippen molar-refractivity contribution >= 4 is 17.5 Å². The SMILES string of the molecule is CN(C)c1ccc(C(=O)N2CCC[C@H]2c2ncc(-c3ccc(-c4ccc(-c5cnc([C@@H]6CCC(C7CCCCN7)N6C(=O)Cc6ccccc6)[nH]5)cc4)cc3)[nH]2)cc1. The standard InChI is InChI=1S/C48H52N8O2/c1-54(2)38-23-21-37(22-24-38)48(58)55-28-8-12-43(55)46-50-30-40(52-46)35-17-13-33(14-18-35)34-15-19-36(20-16-34)41-31-51-47(53-41)44-26-25-42(39-11-6-7-27-49-39)56(44)45(57)29-32-9-4-3-5-10-32/h3-5,9-10,13-24,30-31,39,42-44,49H,6-8,11-12,25-29H2,1-2H3,(H,50,52)(H,51,53)/t39?,42?,43-,44-/m0/s1. The van der Waals surface area contributed by atoms with Crippen molar-refractivity contribution in [2.75, 3.05) is 32.1 Å². The van der Waals surface area contributed by atoms with Crippen molar-refractivity contribution in [3.05, 3.63) is 138 Å². The molecule has 2 aromatic heterocycles. The fourth-order valence-electron chi connectivity index (χ4n) is 9.28. The molecule has 3 aliphatic rings. The minimum Gasteiger partial charge on any atom is -0.378 e. The highest BCUT2D eigenvalue weighted by atomic mass is 16.2. The predicted octanol–water partition coefficient (Wildman–Crippen LogP) is 8.59. The lowest BCUT2D eigenvalue weighted by atomic mass is 9.96. The number of aromatic nitrogens is 4. The van der Waals surface area contributed by atoms with E-state index in [1.165, 1.54) is 12.8 Å². The molecule has 5 heterocycles. The number of anilines is 1. The molecule has 0 aliphatic carbocycles. The van der Waals surface area contributed by atoms with Crippen LogP contribution in [0.5, 0.6) is 0 Å². The van der Waals surface area contributed by atoms with Crippen LogP contribution < -0.4 is 10.2 Å². The zero-order valence-electron chi connectivity index (χ0n) is 33.4. The molecule has 3 fully saturated rings. The molecule has 296 valence electrons. The number of H-pyrrole nitrogens is 2. The predicted molar refractivity (Wildman–Crippen MR) is 229 cm³/mol. The van der Waals surface area contributed by atoms with Crippen molar-refractivity contribution in [2.45, 2.75) is 75.5 Å². The molecule has 0 radical (unpaired) electrons. The van der Waals surface area contributed by atoms with Gasteiger partial charge in [-0.15, -0.1) is 0 Å². The fourth-order valence-corrected chi connectivity index (χ4v) is 9.28. The highest BCUT2D eigenvalue weighted by Gasteiger charge is 2.43. The van der Waals surface area contributed by atoms with E-state index in [-0.39, 0.29) is 29.9 Å². The van der Waals surface area contributed by atoms with Crippen LogP contribution in [0.2, 0.25) is 0 Å². The molecule has 4 atom stereocenters. The van der Waals surface area contributed by atoms with E-state index in [1.807, 2.05) is 90.9 Å². The Balaban J connectivity index is 0.867. The van der Waals surface area contributed by atoms with Crippen LogP contribution in [-0.4, -0.2) is 80.8 Å². The number of hydrogen-bond acceptors (Lipinski definition) is 6. The van der Waals surface area contributed by atoms with Crippen LogP contribution in [0.1, 0.15) is 84.6 Å². The average Bonchev–Trinajstić information content (AvgIpc) is 4.11. The van der Waals surface area contributed by atoms with Gasteiger partial charge in [-0.05, 0) is 97.2 Å². The maximum absolute atomic E-state index is 14.0. The van der Waals surface area contributed by atoms with Crippen molar-refractivity contribution in [1.29, 1.82) is 0 Å². The van der Waals surface area contributed by atoms with Crippen LogP contribution >= 0.6 is 0 Å². The second kappa shape index (κ2) is 16.5. The first-order chi connectivity index (χ1) is 28.4. The quantitative estimate of drug-likeness (QED) is 0.129. The summed E-state index contributed by atoms with van der Waals surface area (Å²) in [5, 5.41) is 3.73. The second-order valence-electron chi connectivity index (χ2n) is 16.3. The number of likely N-dealkylation sites (tertiary alicyclic amines) is 2. The molecule has 6 aromatic rings. The fraction of sp³-hybridized carbons (Fsp3) is 0.333. The molecule has 58 heavy (non-hydrogen) atoms. The summed E-state index contributed by atoms with van der Waals surface area (Å²) in [5.41, 5.74) is 9.04. The van der Waals surface area contributed by atoms with Gasteiger partial charge in [0.25, 0.3) is 5.91 Å². The van der Waals surface area contributed by atoms with Gasteiger partial charge < -0.3 is 30.0 Å².